The van der Waals surface area contributed by atoms with Gasteiger partial charge in [-0.05, 0) is 25.0 Å². The molecule has 1 aromatic rings. The number of ketones is 1. The fourth-order valence-electron chi connectivity index (χ4n) is 1.75. The number of amides is 1. The first-order valence-electron chi connectivity index (χ1n) is 5.76. The van der Waals surface area contributed by atoms with E-state index in [1.807, 2.05) is 0 Å². The van der Waals surface area contributed by atoms with Crippen LogP contribution in [-0.4, -0.2) is 23.7 Å². The Bertz CT molecular complexity index is 541. The Hall–Kier alpha value is -1.56. The minimum absolute atomic E-state index is 0.00717. The van der Waals surface area contributed by atoms with Gasteiger partial charge in [-0.15, -0.1) is 11.6 Å². The number of aryl methyl sites for hydroxylation is 1. The van der Waals surface area contributed by atoms with Crippen LogP contribution >= 0.6 is 11.6 Å². The zero-order valence-electron chi connectivity index (χ0n) is 10.9. The van der Waals surface area contributed by atoms with Crippen LogP contribution in [0.2, 0.25) is 0 Å². The lowest BCUT2D eigenvalue weighted by atomic mass is 9.98. The van der Waals surface area contributed by atoms with Crippen LogP contribution in [0.5, 0.6) is 0 Å². The normalized spacial score (nSPS) is 11.3. The van der Waals surface area contributed by atoms with Gasteiger partial charge in [0, 0.05) is 23.6 Å². The minimum atomic E-state index is -4.98. The Labute approximate surface area is 119 Å². The maximum Gasteiger partial charge on any atom is 0.471 e. The van der Waals surface area contributed by atoms with Crippen LogP contribution in [-0.2, 0) is 4.79 Å². The van der Waals surface area contributed by atoms with Gasteiger partial charge in [0.15, 0.2) is 5.78 Å². The molecule has 0 unspecified atom stereocenters. The third kappa shape index (κ3) is 3.72. The predicted molar refractivity (Wildman–Crippen MR) is 70.3 cm³/mol. The lowest BCUT2D eigenvalue weighted by molar-refractivity contribution is -0.167. The van der Waals surface area contributed by atoms with Crippen molar-refractivity contribution in [3.63, 3.8) is 0 Å². The molecule has 0 radical (unpaired) electrons. The van der Waals surface area contributed by atoms with E-state index in [0.29, 0.717) is 11.1 Å². The fourth-order valence-corrected chi connectivity index (χ4v) is 1.92. The molecule has 0 aliphatic carbocycles. The quantitative estimate of drug-likeness (QED) is 0.682. The molecule has 0 atom stereocenters. The average Bonchev–Trinajstić information content (AvgIpc) is 2.33. The van der Waals surface area contributed by atoms with Crippen molar-refractivity contribution in [2.24, 2.45) is 0 Å². The first-order valence-corrected chi connectivity index (χ1v) is 6.29. The number of hydrogen-bond donors (Lipinski definition) is 1. The molecule has 0 aliphatic rings. The van der Waals surface area contributed by atoms with Gasteiger partial charge in [0.1, 0.15) is 0 Å². The number of carbonyl (C=O) groups is 2. The Kier molecular flexibility index (Phi) is 5.16. The maximum absolute atomic E-state index is 12.3. The summed E-state index contributed by atoms with van der Waals surface area (Å²) in [5.74, 6) is -2.22. The van der Waals surface area contributed by atoms with Gasteiger partial charge in [0.25, 0.3) is 0 Å². The monoisotopic (exact) mass is 307 g/mol. The molecule has 0 aliphatic heterocycles. The van der Waals surface area contributed by atoms with Gasteiger partial charge in [0.2, 0.25) is 0 Å². The Morgan fingerprint density at radius 2 is 1.85 bits per heavy atom. The van der Waals surface area contributed by atoms with Crippen molar-refractivity contribution in [3.8, 4) is 0 Å². The molecule has 0 spiro atoms. The molecule has 0 fully saturated rings. The molecule has 3 nitrogen and oxygen atoms in total. The first kappa shape index (κ1) is 16.5. The Balaban J connectivity index is 3.17. The molecule has 0 heterocycles. The molecular formula is C13H13ClF3NO2. The van der Waals surface area contributed by atoms with Crippen molar-refractivity contribution < 1.29 is 22.8 Å². The molecule has 1 N–H and O–H groups in total. The zero-order valence-corrected chi connectivity index (χ0v) is 11.7. The van der Waals surface area contributed by atoms with E-state index >= 15 is 0 Å². The van der Waals surface area contributed by atoms with Gasteiger partial charge in [-0.3, -0.25) is 9.59 Å². The number of rotatable bonds is 4. The summed E-state index contributed by atoms with van der Waals surface area (Å²) in [5, 5.41) is 1.81. The van der Waals surface area contributed by atoms with E-state index in [0.717, 1.165) is 0 Å². The minimum Gasteiger partial charge on any atom is -0.318 e. The molecule has 7 heteroatoms. The van der Waals surface area contributed by atoms with E-state index in [1.165, 1.54) is 19.1 Å². The number of Topliss-reactive ketones (excluding diaryl/α,β-unsaturated/α-hetero) is 1. The first-order chi connectivity index (χ1) is 9.18. The predicted octanol–water partition coefficient (Wildman–Crippen LogP) is 3.62. The third-order valence-corrected chi connectivity index (χ3v) is 2.98. The van der Waals surface area contributed by atoms with E-state index in [2.05, 4.69) is 0 Å². The van der Waals surface area contributed by atoms with Crippen LogP contribution in [0.4, 0.5) is 18.9 Å². The molecule has 0 aromatic heterocycles. The molecule has 0 saturated carbocycles. The smallest absolute Gasteiger partial charge is 0.318 e. The van der Waals surface area contributed by atoms with Crippen molar-refractivity contribution in [1.29, 1.82) is 0 Å². The highest BCUT2D eigenvalue weighted by Gasteiger charge is 2.39. The van der Waals surface area contributed by atoms with Crippen LogP contribution in [0.1, 0.15) is 27.9 Å². The van der Waals surface area contributed by atoms with Crippen molar-refractivity contribution in [1.82, 2.24) is 0 Å². The van der Waals surface area contributed by atoms with E-state index in [4.69, 9.17) is 11.6 Å². The van der Waals surface area contributed by atoms with Gasteiger partial charge in [-0.2, -0.15) is 13.2 Å². The molecule has 1 amide bonds. The highest BCUT2D eigenvalue weighted by atomic mass is 35.5. The number of benzene rings is 1. The number of alkyl halides is 4. The molecule has 0 bridgehead atoms. The fraction of sp³-hybridized carbons (Fsp3) is 0.385. The second-order valence-electron chi connectivity index (χ2n) is 4.24. The molecule has 1 aromatic carbocycles. The third-order valence-electron chi connectivity index (χ3n) is 2.79. The Morgan fingerprint density at radius 1 is 1.25 bits per heavy atom. The highest BCUT2D eigenvalue weighted by molar-refractivity contribution is 6.19. The van der Waals surface area contributed by atoms with Gasteiger partial charge < -0.3 is 5.32 Å². The van der Waals surface area contributed by atoms with Crippen molar-refractivity contribution in [2.45, 2.75) is 26.4 Å². The Morgan fingerprint density at radius 3 is 2.35 bits per heavy atom. The summed E-state index contributed by atoms with van der Waals surface area (Å²) < 4.78 is 36.8. The SMILES string of the molecule is Cc1ccc(C(=O)CCCl)c(C)c1NC(=O)C(F)(F)F. The topological polar surface area (TPSA) is 46.2 Å². The summed E-state index contributed by atoms with van der Waals surface area (Å²) in [5.41, 5.74) is 1.02. The van der Waals surface area contributed by atoms with Gasteiger partial charge in [-0.25, -0.2) is 0 Å². The van der Waals surface area contributed by atoms with E-state index in [9.17, 15) is 22.8 Å². The molecule has 110 valence electrons. The maximum atomic E-state index is 12.3. The number of halogens is 4. The summed E-state index contributed by atoms with van der Waals surface area (Å²) in [4.78, 5) is 22.8. The summed E-state index contributed by atoms with van der Waals surface area (Å²) in [7, 11) is 0. The molecule has 20 heavy (non-hydrogen) atoms. The lowest BCUT2D eigenvalue weighted by Gasteiger charge is -2.15. The summed E-state index contributed by atoms with van der Waals surface area (Å²) >= 11 is 5.47. The van der Waals surface area contributed by atoms with Crippen LogP contribution in [0, 0.1) is 13.8 Å². The molecule has 1 rings (SSSR count). The van der Waals surface area contributed by atoms with E-state index in [1.54, 1.807) is 12.2 Å². The number of nitrogens with one attached hydrogen (secondary N) is 1. The standard InChI is InChI=1S/C13H13ClF3NO2/c1-7-3-4-9(10(19)5-6-14)8(2)11(7)18-12(20)13(15,16)17/h3-4H,5-6H2,1-2H3,(H,18,20). The number of anilines is 1. The summed E-state index contributed by atoms with van der Waals surface area (Å²) in [6.07, 6.45) is -4.90. The van der Waals surface area contributed by atoms with Crippen LogP contribution in [0.3, 0.4) is 0 Å². The van der Waals surface area contributed by atoms with Crippen LogP contribution in [0.25, 0.3) is 0 Å². The van der Waals surface area contributed by atoms with Gasteiger partial charge >= 0.3 is 12.1 Å². The average molecular weight is 308 g/mol. The van der Waals surface area contributed by atoms with Gasteiger partial charge in [0.05, 0.1) is 0 Å². The van der Waals surface area contributed by atoms with Crippen molar-refractivity contribution in [3.05, 3.63) is 28.8 Å². The van der Waals surface area contributed by atoms with Crippen molar-refractivity contribution in [2.75, 3.05) is 11.2 Å². The largest absolute Gasteiger partial charge is 0.471 e. The molecular weight excluding hydrogens is 295 g/mol. The van der Waals surface area contributed by atoms with Crippen molar-refractivity contribution >= 4 is 29.0 Å². The second kappa shape index (κ2) is 6.26. The number of hydrogen-bond acceptors (Lipinski definition) is 2. The molecule has 0 saturated heterocycles. The summed E-state index contributed by atoms with van der Waals surface area (Å²) in [6.45, 7) is 3.04. The zero-order chi connectivity index (χ0) is 15.5. The highest BCUT2D eigenvalue weighted by Crippen LogP contribution is 2.27. The summed E-state index contributed by atoms with van der Waals surface area (Å²) in [6, 6.07) is 3.00. The second-order valence-corrected chi connectivity index (χ2v) is 4.62. The lowest BCUT2D eigenvalue weighted by Crippen LogP contribution is -2.30. The van der Waals surface area contributed by atoms with Crippen LogP contribution in [0.15, 0.2) is 12.1 Å². The van der Waals surface area contributed by atoms with E-state index in [-0.39, 0.29) is 29.3 Å². The van der Waals surface area contributed by atoms with Crippen LogP contribution < -0.4 is 5.32 Å². The van der Waals surface area contributed by atoms with Gasteiger partial charge in [-0.1, -0.05) is 12.1 Å². The van der Waals surface area contributed by atoms with E-state index < -0.39 is 12.1 Å². The number of carbonyl (C=O) groups excluding carboxylic acids is 2.